The Balaban J connectivity index is 2.04. The summed E-state index contributed by atoms with van der Waals surface area (Å²) < 4.78 is 16.6. The number of benzene rings is 2. The van der Waals surface area contributed by atoms with Gasteiger partial charge in [-0.15, -0.1) is 0 Å². The summed E-state index contributed by atoms with van der Waals surface area (Å²) in [6, 6.07) is 9.00. The third kappa shape index (κ3) is 3.03. The van der Waals surface area contributed by atoms with Crippen LogP contribution in [0.5, 0.6) is 11.5 Å². The van der Waals surface area contributed by atoms with Gasteiger partial charge in [-0.25, -0.2) is 0 Å². The molecule has 0 spiro atoms. The second-order valence-electron chi connectivity index (χ2n) is 6.55. The van der Waals surface area contributed by atoms with Gasteiger partial charge in [-0.3, -0.25) is 9.59 Å². The van der Waals surface area contributed by atoms with Gasteiger partial charge in [0.15, 0.2) is 5.43 Å². The SMILES string of the molecule is COc1ccc(OC)c([C@H]2c3c(oc4ccc(Cl)cc4c3=O)C(=O)N2CCO)c1. The average Bonchev–Trinajstić information content (AvgIpc) is 3.00. The molecule has 0 saturated carbocycles. The van der Waals surface area contributed by atoms with Crippen molar-refractivity contribution in [2.75, 3.05) is 27.4 Å². The van der Waals surface area contributed by atoms with Crippen LogP contribution in [0.2, 0.25) is 5.02 Å². The van der Waals surface area contributed by atoms with Crippen molar-refractivity contribution in [2.24, 2.45) is 0 Å². The Kier molecular flexibility index (Phi) is 4.94. The molecule has 1 N–H and O–H groups in total. The van der Waals surface area contributed by atoms with E-state index in [9.17, 15) is 14.7 Å². The van der Waals surface area contributed by atoms with Crippen LogP contribution in [0.3, 0.4) is 0 Å². The van der Waals surface area contributed by atoms with Crippen molar-refractivity contribution in [3.63, 3.8) is 0 Å². The molecule has 1 atom stereocenters. The number of aliphatic hydroxyl groups is 1. The van der Waals surface area contributed by atoms with E-state index >= 15 is 0 Å². The van der Waals surface area contributed by atoms with Gasteiger partial charge < -0.3 is 23.9 Å². The van der Waals surface area contributed by atoms with Gasteiger partial charge in [-0.05, 0) is 36.4 Å². The van der Waals surface area contributed by atoms with E-state index in [2.05, 4.69) is 0 Å². The maximum absolute atomic E-state index is 13.4. The fraction of sp³-hybridized carbons (Fsp3) is 0.238. The van der Waals surface area contributed by atoms with E-state index < -0.39 is 11.9 Å². The number of halogens is 1. The van der Waals surface area contributed by atoms with Crippen molar-refractivity contribution in [3.05, 3.63) is 68.5 Å². The predicted molar refractivity (Wildman–Crippen MR) is 107 cm³/mol. The first-order valence-corrected chi connectivity index (χ1v) is 9.28. The predicted octanol–water partition coefficient (Wildman–Crippen LogP) is 3.00. The summed E-state index contributed by atoms with van der Waals surface area (Å²) in [6.07, 6.45) is 0. The van der Waals surface area contributed by atoms with Gasteiger partial charge in [0.1, 0.15) is 17.1 Å². The summed E-state index contributed by atoms with van der Waals surface area (Å²) in [6.45, 7) is -0.257. The van der Waals surface area contributed by atoms with Gasteiger partial charge in [0.05, 0.1) is 37.8 Å². The van der Waals surface area contributed by atoms with Crippen LogP contribution in [0, 0.1) is 0 Å². The number of ether oxygens (including phenoxy) is 2. The molecule has 2 aromatic carbocycles. The number of nitrogens with zero attached hydrogens (tertiary/aromatic N) is 1. The fourth-order valence-corrected chi connectivity index (χ4v) is 3.88. The minimum absolute atomic E-state index is 0.0185. The molecule has 0 saturated heterocycles. The van der Waals surface area contributed by atoms with Crippen LogP contribution in [-0.4, -0.2) is 43.3 Å². The highest BCUT2D eigenvalue weighted by atomic mass is 35.5. The van der Waals surface area contributed by atoms with Crippen LogP contribution in [0.4, 0.5) is 0 Å². The number of β-amino-alcohol motifs (C(OH)–C–C–N with tert-alkyl or cyclic N) is 1. The lowest BCUT2D eigenvalue weighted by Gasteiger charge is -2.26. The lowest BCUT2D eigenvalue weighted by atomic mass is 9.97. The van der Waals surface area contributed by atoms with E-state index in [1.54, 1.807) is 30.3 Å². The quantitative estimate of drug-likeness (QED) is 0.689. The number of amides is 1. The van der Waals surface area contributed by atoms with Crippen molar-refractivity contribution >= 4 is 28.5 Å². The topological polar surface area (TPSA) is 89.2 Å². The van der Waals surface area contributed by atoms with Crippen LogP contribution in [0.25, 0.3) is 11.0 Å². The molecule has 8 heteroatoms. The number of methoxy groups -OCH3 is 2. The number of rotatable bonds is 5. The summed E-state index contributed by atoms with van der Waals surface area (Å²) in [5, 5.41) is 10.2. The second kappa shape index (κ2) is 7.42. The zero-order chi connectivity index (χ0) is 20.7. The number of aliphatic hydroxyl groups excluding tert-OH is 1. The van der Waals surface area contributed by atoms with Crippen LogP contribution in [0.15, 0.2) is 45.6 Å². The largest absolute Gasteiger partial charge is 0.497 e. The van der Waals surface area contributed by atoms with E-state index in [4.69, 9.17) is 25.5 Å². The number of hydrogen-bond acceptors (Lipinski definition) is 6. The molecule has 3 aromatic rings. The van der Waals surface area contributed by atoms with Gasteiger partial charge in [-0.1, -0.05) is 11.6 Å². The molecule has 2 heterocycles. The van der Waals surface area contributed by atoms with Crippen LogP contribution < -0.4 is 14.9 Å². The summed E-state index contributed by atoms with van der Waals surface area (Å²) in [5.41, 5.74) is 0.659. The number of carbonyl (C=O) groups excluding carboxylic acids is 1. The lowest BCUT2D eigenvalue weighted by molar-refractivity contribution is 0.0690. The normalized spacial score (nSPS) is 15.7. The van der Waals surface area contributed by atoms with Crippen LogP contribution in [-0.2, 0) is 0 Å². The van der Waals surface area contributed by atoms with Gasteiger partial charge in [-0.2, -0.15) is 0 Å². The highest BCUT2D eigenvalue weighted by Gasteiger charge is 2.43. The Morgan fingerprint density at radius 3 is 2.62 bits per heavy atom. The molecule has 7 nitrogen and oxygen atoms in total. The minimum atomic E-state index is -0.797. The maximum Gasteiger partial charge on any atom is 0.290 e. The third-order valence-electron chi connectivity index (χ3n) is 5.00. The van der Waals surface area contributed by atoms with E-state index in [0.29, 0.717) is 22.1 Å². The molecule has 150 valence electrons. The Bertz CT molecular complexity index is 1170. The molecular formula is C21H18ClNO6. The summed E-state index contributed by atoms with van der Waals surface area (Å²) >= 11 is 6.06. The number of carbonyl (C=O) groups is 1. The first kappa shape index (κ1) is 19.3. The molecule has 29 heavy (non-hydrogen) atoms. The van der Waals surface area contributed by atoms with Crippen molar-refractivity contribution in [3.8, 4) is 11.5 Å². The van der Waals surface area contributed by atoms with E-state index in [1.807, 2.05) is 0 Å². The zero-order valence-corrected chi connectivity index (χ0v) is 16.5. The Labute approximate surface area is 171 Å². The van der Waals surface area contributed by atoms with Gasteiger partial charge in [0, 0.05) is 17.1 Å². The molecule has 1 aliphatic rings. The molecule has 0 radical (unpaired) electrons. The molecule has 1 aliphatic heterocycles. The Morgan fingerprint density at radius 2 is 1.93 bits per heavy atom. The van der Waals surface area contributed by atoms with Gasteiger partial charge >= 0.3 is 0 Å². The molecule has 1 aromatic heterocycles. The maximum atomic E-state index is 13.4. The van der Waals surface area contributed by atoms with Gasteiger partial charge in [0.25, 0.3) is 5.91 Å². The van der Waals surface area contributed by atoms with E-state index in [-0.39, 0.29) is 40.9 Å². The second-order valence-corrected chi connectivity index (χ2v) is 6.98. The van der Waals surface area contributed by atoms with Gasteiger partial charge in [0.2, 0.25) is 5.76 Å². The standard InChI is InChI=1S/C21H18ClNO6/c1-27-12-4-6-15(28-2)13(10-12)18-17-19(25)14-9-11(22)3-5-16(14)29-20(17)21(26)23(18)7-8-24/h3-6,9-10,18,24H,7-8H2,1-2H3/t18-/m0/s1. The highest BCUT2D eigenvalue weighted by Crippen LogP contribution is 2.42. The average molecular weight is 416 g/mol. The molecule has 0 unspecified atom stereocenters. The smallest absolute Gasteiger partial charge is 0.290 e. The number of hydrogen-bond donors (Lipinski definition) is 1. The van der Waals surface area contributed by atoms with E-state index in [0.717, 1.165) is 0 Å². The van der Waals surface area contributed by atoms with Crippen LogP contribution >= 0.6 is 11.6 Å². The first-order chi connectivity index (χ1) is 14.0. The molecule has 1 amide bonds. The molecule has 4 rings (SSSR count). The minimum Gasteiger partial charge on any atom is -0.497 e. The molecule has 0 aliphatic carbocycles. The first-order valence-electron chi connectivity index (χ1n) is 8.90. The summed E-state index contributed by atoms with van der Waals surface area (Å²) in [5.74, 6) is 0.495. The van der Waals surface area contributed by atoms with Crippen molar-refractivity contribution < 1.29 is 23.8 Å². The molecule has 0 fully saturated rings. The Hall–Kier alpha value is -3.03. The highest BCUT2D eigenvalue weighted by molar-refractivity contribution is 6.31. The third-order valence-corrected chi connectivity index (χ3v) is 5.24. The Morgan fingerprint density at radius 1 is 1.14 bits per heavy atom. The molecular weight excluding hydrogens is 398 g/mol. The summed E-state index contributed by atoms with van der Waals surface area (Å²) in [4.78, 5) is 27.8. The van der Waals surface area contributed by atoms with Crippen molar-refractivity contribution in [2.45, 2.75) is 6.04 Å². The zero-order valence-electron chi connectivity index (χ0n) is 15.8. The van der Waals surface area contributed by atoms with E-state index in [1.165, 1.54) is 25.2 Å². The monoisotopic (exact) mass is 415 g/mol. The van der Waals surface area contributed by atoms with Crippen LogP contribution in [0.1, 0.15) is 27.7 Å². The van der Waals surface area contributed by atoms with Crippen molar-refractivity contribution in [1.29, 1.82) is 0 Å². The number of fused-ring (bicyclic) bond motifs is 2. The lowest BCUT2D eigenvalue weighted by Crippen LogP contribution is -2.32. The summed E-state index contributed by atoms with van der Waals surface area (Å²) in [7, 11) is 3.02. The fourth-order valence-electron chi connectivity index (χ4n) is 3.71. The molecule has 0 bridgehead atoms. The van der Waals surface area contributed by atoms with Crippen molar-refractivity contribution in [1.82, 2.24) is 4.90 Å².